The van der Waals surface area contributed by atoms with E-state index in [0.29, 0.717) is 34.6 Å². The lowest BCUT2D eigenvalue weighted by molar-refractivity contribution is 0.0692. The number of nitrogens with zero attached hydrogens (tertiary/aromatic N) is 3. The molecule has 0 bridgehead atoms. The summed E-state index contributed by atoms with van der Waals surface area (Å²) in [5, 5.41) is 13.6. The summed E-state index contributed by atoms with van der Waals surface area (Å²) in [6.07, 6.45) is 1.92. The Morgan fingerprint density at radius 2 is 1.96 bits per heavy atom. The first-order chi connectivity index (χ1) is 12.5. The molecule has 6 heteroatoms. The Morgan fingerprint density at radius 1 is 1.19 bits per heavy atom. The van der Waals surface area contributed by atoms with Gasteiger partial charge in [-0.1, -0.05) is 35.5 Å². The van der Waals surface area contributed by atoms with Gasteiger partial charge < -0.3 is 14.2 Å². The highest BCUT2D eigenvalue weighted by atomic mass is 16.5. The van der Waals surface area contributed by atoms with Gasteiger partial charge >= 0.3 is 5.97 Å². The molecule has 0 amide bonds. The topological polar surface area (TPSA) is 81.2 Å². The summed E-state index contributed by atoms with van der Waals surface area (Å²) in [5.74, 6) is -0.495. The number of pyridine rings is 1. The first-order valence-electron chi connectivity index (χ1n) is 8.25. The van der Waals surface area contributed by atoms with Crippen molar-refractivity contribution < 1.29 is 14.4 Å². The van der Waals surface area contributed by atoms with E-state index in [4.69, 9.17) is 4.52 Å². The number of aryl methyl sites for hydroxylation is 2. The molecule has 4 aromatic rings. The minimum atomic E-state index is -1.07. The highest BCUT2D eigenvalue weighted by Gasteiger charge is 2.22. The average molecular weight is 347 g/mol. The van der Waals surface area contributed by atoms with E-state index in [1.165, 1.54) is 0 Å². The number of aromatic nitrogens is 3. The molecule has 4 rings (SSSR count). The number of benzene rings is 1. The minimum Gasteiger partial charge on any atom is -0.476 e. The fourth-order valence-electron chi connectivity index (χ4n) is 3.25. The van der Waals surface area contributed by atoms with Crippen LogP contribution in [0.3, 0.4) is 0 Å². The van der Waals surface area contributed by atoms with Crippen LogP contribution in [0.5, 0.6) is 0 Å². The third kappa shape index (κ3) is 2.65. The van der Waals surface area contributed by atoms with Gasteiger partial charge in [0.1, 0.15) is 5.76 Å². The van der Waals surface area contributed by atoms with Gasteiger partial charge in [-0.15, -0.1) is 0 Å². The first-order valence-corrected chi connectivity index (χ1v) is 8.25. The van der Waals surface area contributed by atoms with Gasteiger partial charge in [-0.2, -0.15) is 0 Å². The zero-order valence-corrected chi connectivity index (χ0v) is 14.4. The average Bonchev–Trinajstić information content (AvgIpc) is 3.17. The number of fused-ring (bicyclic) bond motifs is 1. The Morgan fingerprint density at radius 3 is 2.62 bits per heavy atom. The number of hydrogen-bond acceptors (Lipinski definition) is 4. The molecule has 6 nitrogen and oxygen atoms in total. The first kappa shape index (κ1) is 16.1. The van der Waals surface area contributed by atoms with Crippen LogP contribution in [0.1, 0.15) is 27.5 Å². The monoisotopic (exact) mass is 347 g/mol. The Labute approximate surface area is 149 Å². The van der Waals surface area contributed by atoms with Gasteiger partial charge in [0, 0.05) is 23.9 Å². The molecular formula is C20H17N3O3. The minimum absolute atomic E-state index is 0.00404. The predicted octanol–water partition coefficient (Wildman–Crippen LogP) is 4.05. The van der Waals surface area contributed by atoms with E-state index in [0.717, 1.165) is 11.1 Å². The van der Waals surface area contributed by atoms with Crippen molar-refractivity contribution in [3.05, 3.63) is 71.4 Å². The maximum absolute atomic E-state index is 11.8. The van der Waals surface area contributed by atoms with Crippen molar-refractivity contribution in [1.82, 2.24) is 14.7 Å². The van der Waals surface area contributed by atoms with Crippen LogP contribution in [0.15, 0.2) is 53.2 Å². The number of hydrogen-bond donors (Lipinski definition) is 1. The van der Waals surface area contributed by atoms with E-state index in [1.807, 2.05) is 36.5 Å². The van der Waals surface area contributed by atoms with Crippen LogP contribution < -0.4 is 0 Å². The van der Waals surface area contributed by atoms with Gasteiger partial charge in [-0.3, -0.25) is 0 Å². The molecule has 3 aromatic heterocycles. The standard InChI is InChI=1S/C20H17N3O3/c1-12-18(13(2)26-22-12)15-10-17-16(21-19(15)20(24)25)8-9-23(17)11-14-6-4-3-5-7-14/h3-10H,11H2,1-2H3,(H,24,25). The number of carbonyl (C=O) groups is 1. The Bertz CT molecular complexity index is 1090. The van der Waals surface area contributed by atoms with E-state index in [-0.39, 0.29) is 5.69 Å². The summed E-state index contributed by atoms with van der Waals surface area (Å²) in [5.41, 5.74) is 4.53. The van der Waals surface area contributed by atoms with Crippen molar-refractivity contribution in [2.24, 2.45) is 0 Å². The quantitative estimate of drug-likeness (QED) is 0.602. The van der Waals surface area contributed by atoms with Crippen molar-refractivity contribution in [2.45, 2.75) is 20.4 Å². The molecule has 0 aliphatic rings. The number of carboxylic acid groups (broad SMARTS) is 1. The van der Waals surface area contributed by atoms with Crippen molar-refractivity contribution in [3.8, 4) is 11.1 Å². The zero-order chi connectivity index (χ0) is 18.3. The molecular weight excluding hydrogens is 330 g/mol. The molecule has 0 fully saturated rings. The van der Waals surface area contributed by atoms with Gasteiger partial charge in [0.15, 0.2) is 5.69 Å². The molecule has 26 heavy (non-hydrogen) atoms. The van der Waals surface area contributed by atoms with Crippen molar-refractivity contribution in [3.63, 3.8) is 0 Å². The zero-order valence-electron chi connectivity index (χ0n) is 14.4. The third-order valence-electron chi connectivity index (χ3n) is 4.45. The van der Waals surface area contributed by atoms with E-state index < -0.39 is 5.97 Å². The third-order valence-corrected chi connectivity index (χ3v) is 4.45. The summed E-state index contributed by atoms with van der Waals surface area (Å²) in [6, 6.07) is 13.8. The molecule has 0 atom stereocenters. The lowest BCUT2D eigenvalue weighted by atomic mass is 10.0. The lowest BCUT2D eigenvalue weighted by Crippen LogP contribution is -2.05. The second-order valence-corrected chi connectivity index (χ2v) is 6.22. The van der Waals surface area contributed by atoms with E-state index in [2.05, 4.69) is 26.8 Å². The molecule has 0 saturated carbocycles. The largest absolute Gasteiger partial charge is 0.476 e. The van der Waals surface area contributed by atoms with E-state index in [9.17, 15) is 9.90 Å². The summed E-state index contributed by atoms with van der Waals surface area (Å²) >= 11 is 0. The molecule has 3 heterocycles. The fourth-order valence-corrected chi connectivity index (χ4v) is 3.25. The number of rotatable bonds is 4. The fraction of sp³-hybridized carbons (Fsp3) is 0.150. The molecule has 0 unspecified atom stereocenters. The van der Waals surface area contributed by atoms with Gasteiger partial charge in [-0.25, -0.2) is 9.78 Å². The van der Waals surface area contributed by atoms with Crippen LogP contribution in [0, 0.1) is 13.8 Å². The molecule has 0 aliphatic heterocycles. The second kappa shape index (κ2) is 6.15. The molecule has 1 N–H and O–H groups in total. The molecule has 1 aromatic carbocycles. The SMILES string of the molecule is Cc1noc(C)c1-c1cc2c(ccn2Cc2ccccc2)nc1C(=O)O. The molecule has 0 aliphatic carbocycles. The Balaban J connectivity index is 1.91. The van der Waals surface area contributed by atoms with Gasteiger partial charge in [0.05, 0.1) is 16.7 Å². The van der Waals surface area contributed by atoms with Crippen LogP contribution in [-0.4, -0.2) is 25.8 Å². The van der Waals surface area contributed by atoms with Crippen molar-refractivity contribution in [2.75, 3.05) is 0 Å². The lowest BCUT2D eigenvalue weighted by Gasteiger charge is -2.09. The second-order valence-electron chi connectivity index (χ2n) is 6.22. The van der Waals surface area contributed by atoms with E-state index >= 15 is 0 Å². The number of aromatic carboxylic acids is 1. The maximum Gasteiger partial charge on any atom is 0.355 e. The van der Waals surface area contributed by atoms with Crippen LogP contribution in [0.4, 0.5) is 0 Å². The highest BCUT2D eigenvalue weighted by Crippen LogP contribution is 2.32. The van der Waals surface area contributed by atoms with Gasteiger partial charge in [-0.05, 0) is 31.5 Å². The molecule has 0 saturated heterocycles. The molecule has 0 spiro atoms. The normalized spacial score (nSPS) is 11.2. The van der Waals surface area contributed by atoms with Crippen LogP contribution in [-0.2, 0) is 6.54 Å². The Hall–Kier alpha value is -3.41. The van der Waals surface area contributed by atoms with Crippen LogP contribution >= 0.6 is 0 Å². The summed E-state index contributed by atoms with van der Waals surface area (Å²) in [7, 11) is 0. The van der Waals surface area contributed by atoms with Crippen molar-refractivity contribution in [1.29, 1.82) is 0 Å². The maximum atomic E-state index is 11.8. The smallest absolute Gasteiger partial charge is 0.355 e. The summed E-state index contributed by atoms with van der Waals surface area (Å²) in [4.78, 5) is 16.1. The molecule has 130 valence electrons. The molecule has 0 radical (unpaired) electrons. The van der Waals surface area contributed by atoms with Gasteiger partial charge in [0.25, 0.3) is 0 Å². The van der Waals surface area contributed by atoms with Crippen LogP contribution in [0.2, 0.25) is 0 Å². The Kier molecular flexibility index (Phi) is 3.80. The summed E-state index contributed by atoms with van der Waals surface area (Å²) < 4.78 is 7.29. The van der Waals surface area contributed by atoms with Crippen molar-refractivity contribution >= 4 is 17.0 Å². The van der Waals surface area contributed by atoms with Crippen LogP contribution in [0.25, 0.3) is 22.2 Å². The number of carboxylic acids is 1. The summed E-state index contributed by atoms with van der Waals surface area (Å²) in [6.45, 7) is 4.25. The van der Waals surface area contributed by atoms with E-state index in [1.54, 1.807) is 13.8 Å². The van der Waals surface area contributed by atoms with Gasteiger partial charge in [0.2, 0.25) is 0 Å². The predicted molar refractivity (Wildman–Crippen MR) is 97.2 cm³/mol. The highest BCUT2D eigenvalue weighted by molar-refractivity contribution is 5.98.